The molecule has 0 radical (unpaired) electrons. The van der Waals surface area contributed by atoms with Gasteiger partial charge in [-0.2, -0.15) is 172 Å². The third kappa shape index (κ3) is 29.5. The largest absolute Gasteiger partial charge is 4.00 e. The molecule has 1 N–H and O–H groups in total. The smallest absolute Gasteiger partial charge is 0.358 e. The summed E-state index contributed by atoms with van der Waals surface area (Å²) in [4.78, 5) is 0. The van der Waals surface area contributed by atoms with Crippen LogP contribution >= 0.6 is 14.1 Å². The van der Waals surface area contributed by atoms with E-state index < -0.39 is 14.1 Å². The van der Waals surface area contributed by atoms with Crippen molar-refractivity contribution < 1.29 is 52.4 Å². The Morgan fingerprint density at radius 2 is 0.524 bits per heavy atom. The van der Waals surface area contributed by atoms with E-state index in [9.17, 15) is 0 Å². The van der Waals surface area contributed by atoms with E-state index >= 15 is 0 Å². The molecule has 0 aliphatic heterocycles. The van der Waals surface area contributed by atoms with Crippen LogP contribution in [0.3, 0.4) is 0 Å². The molecule has 0 spiro atoms. The van der Waals surface area contributed by atoms with Crippen LogP contribution in [0, 0.1) is 122 Å². The summed E-state index contributed by atoms with van der Waals surface area (Å²) < 4.78 is 5.86. The number of benzene rings is 8. The average molecular weight is 1590 g/mol. The molecule has 8 aromatic carbocycles. The van der Waals surface area contributed by atoms with Gasteiger partial charge in [0.25, 0.3) is 0 Å². The van der Waals surface area contributed by atoms with Gasteiger partial charge in [0.05, 0.1) is 5.54 Å². The van der Waals surface area contributed by atoms with E-state index in [-0.39, 0.29) is 59.8 Å². The first-order chi connectivity index (χ1) is 48.6. The third-order valence-corrected chi connectivity index (χ3v) is 29.3. The van der Waals surface area contributed by atoms with Crippen LogP contribution < -0.4 is 5.09 Å². The van der Waals surface area contributed by atoms with Crippen molar-refractivity contribution >= 4 is 19.4 Å². The molecular weight excluding hydrogens is 1460 g/mol. The Kier molecular flexibility index (Phi) is 39.3. The number of allylic oxidation sites excluding steroid dienone is 4. The Balaban J connectivity index is 0.000000260. The van der Waals surface area contributed by atoms with Crippen LogP contribution in [-0.2, 0) is 52.4 Å². The molecule has 4 atom stereocenters. The maximum atomic E-state index is 5.86. The van der Waals surface area contributed by atoms with Gasteiger partial charge in [-0.25, -0.2) is 0 Å². The van der Waals surface area contributed by atoms with E-state index in [1.807, 2.05) is 231 Å². The summed E-state index contributed by atoms with van der Waals surface area (Å²) in [7, 11) is -2.48. The van der Waals surface area contributed by atoms with Crippen molar-refractivity contribution in [1.29, 1.82) is 0 Å². The fraction of sp³-hybridized carbons (Fsp3) is 0.384. The van der Waals surface area contributed by atoms with Crippen LogP contribution in [0.1, 0.15) is 177 Å². The Bertz CT molecular complexity index is 3310. The first-order valence-corrected chi connectivity index (χ1v) is 43.5. The summed E-state index contributed by atoms with van der Waals surface area (Å²) in [6.07, 6.45) is 17.9. The molecule has 10 aliphatic rings. The summed E-state index contributed by atoms with van der Waals surface area (Å²) in [5.74, 6) is 9.64. The quantitative estimate of drug-likeness (QED) is 0.138. The standard InChI is InChI=1S/C21H38NP.C21H34NP.C7H8.7C7H7.CH3.2Zr/c2*1-13-14(2)16(4)20(15(13)3)23(5,6)22-21-10-17-7-18(11-21)9-19(8-17)12-21;8*1-7-5-3-2-4-6-7;;;/h13-20H,7-12H2,1-6H3;17-19,22H,7-12H2,1-6H3;2-6H,1H3;7*2-6H,1H2;1H3;;/q;;;8*-1;2*+4. The predicted octanol–water partition coefficient (Wildman–Crippen LogP) is 27.5. The van der Waals surface area contributed by atoms with Crippen molar-refractivity contribution in [3.63, 3.8) is 0 Å². The topological polar surface area (TPSA) is 24.4 Å². The number of nitrogens with zero attached hydrogens (tertiary/aromatic N) is 1. The Hall–Kier alpha value is -5.41. The molecule has 0 heterocycles. The number of aryl methyl sites for hydroxylation is 1. The molecule has 6 heteroatoms. The molecule has 10 aliphatic carbocycles. The SMILES string of the molecule is CC1=C(C)C(=P(C)(C)NC23CC4CC(CC(C4)C2)C3)C(C)=C1C.CC1C(C)C(C)C(P(C)(C)=NC23CC4CC(CC(C4)C2)C3)C1C.Cc1ccccc1.[CH2-]c1ccccc1.[CH2-]c1ccccc1.[CH2-]c1ccccc1.[CH2-]c1ccccc1.[CH2-]c1ccccc1.[CH2-]c1ccccc1.[CH2-]c1ccccc1.[CH3-].[Zr+4].[Zr+4]. The molecule has 556 valence electrons. The third-order valence-electron chi connectivity index (χ3n) is 23.1. The minimum atomic E-state index is -1.28. The first-order valence-electron chi connectivity index (χ1n) is 38.1. The van der Waals surface area contributed by atoms with Gasteiger partial charge in [-0.15, -0.1) is 84.9 Å². The molecule has 8 aromatic rings. The Morgan fingerprint density at radius 3 is 0.714 bits per heavy atom. The van der Waals surface area contributed by atoms with E-state index in [1.54, 1.807) is 16.4 Å². The minimum absolute atomic E-state index is 0. The Morgan fingerprint density at radius 1 is 0.314 bits per heavy atom. The van der Waals surface area contributed by atoms with Crippen molar-refractivity contribution in [3.8, 4) is 0 Å². The van der Waals surface area contributed by atoms with E-state index in [1.165, 1.54) is 93.8 Å². The van der Waals surface area contributed by atoms with Gasteiger partial charge >= 0.3 is 52.4 Å². The fourth-order valence-electron chi connectivity index (χ4n) is 18.8. The van der Waals surface area contributed by atoms with Crippen LogP contribution in [0.4, 0.5) is 0 Å². The van der Waals surface area contributed by atoms with Crippen LogP contribution in [0.25, 0.3) is 0 Å². The van der Waals surface area contributed by atoms with Crippen LogP contribution in [0.5, 0.6) is 0 Å². The van der Waals surface area contributed by atoms with Crippen molar-refractivity contribution in [2.24, 2.45) is 63.9 Å². The second-order valence-electron chi connectivity index (χ2n) is 32.3. The molecule has 4 unspecified atom stereocenters. The molecule has 18 rings (SSSR count). The maximum Gasteiger partial charge on any atom is 4.00 e. The van der Waals surface area contributed by atoms with Gasteiger partial charge in [-0.3, -0.25) is 9.83 Å². The van der Waals surface area contributed by atoms with E-state index in [2.05, 4.69) is 155 Å². The molecule has 8 bridgehead atoms. The zero-order valence-corrected chi connectivity index (χ0v) is 73.9. The van der Waals surface area contributed by atoms with E-state index in [4.69, 9.17) is 4.74 Å². The van der Waals surface area contributed by atoms with Gasteiger partial charge in [0, 0.05) is 5.54 Å². The normalized spacial score (nSPS) is 25.5. The molecule has 105 heavy (non-hydrogen) atoms. The van der Waals surface area contributed by atoms with E-state index in [0.29, 0.717) is 11.1 Å². The van der Waals surface area contributed by atoms with Crippen molar-refractivity contribution in [2.45, 2.75) is 156 Å². The molecule has 9 fully saturated rings. The second kappa shape index (κ2) is 44.9. The molecule has 9 saturated carbocycles. The summed E-state index contributed by atoms with van der Waals surface area (Å²) in [5.41, 5.74) is 16.8. The monoisotopic (exact) mass is 1590 g/mol. The zero-order valence-electron chi connectivity index (χ0n) is 67.2. The van der Waals surface area contributed by atoms with Gasteiger partial charge in [0.1, 0.15) is 0 Å². The number of nitrogens with one attached hydrogen (secondary N) is 1. The van der Waals surface area contributed by atoms with Gasteiger partial charge in [-0.1, -0.05) is 106 Å². The summed E-state index contributed by atoms with van der Waals surface area (Å²) >= 11 is 0. The van der Waals surface area contributed by atoms with E-state index in [0.717, 1.165) is 104 Å². The Labute approximate surface area is 683 Å². The van der Waals surface area contributed by atoms with Crippen LogP contribution in [0.15, 0.2) is 270 Å². The fourth-order valence-corrected chi connectivity index (χ4v) is 26.7. The van der Waals surface area contributed by atoms with Crippen molar-refractivity contribution in [2.75, 3.05) is 26.7 Å². The summed E-state index contributed by atoms with van der Waals surface area (Å²) in [6, 6.07) is 79.4. The molecule has 2 nitrogen and oxygen atoms in total. The second-order valence-corrected chi connectivity index (χ2v) is 39.6. The van der Waals surface area contributed by atoms with Gasteiger partial charge in [0.15, 0.2) is 0 Å². The van der Waals surface area contributed by atoms with Crippen LogP contribution in [-0.4, -0.2) is 48.7 Å². The van der Waals surface area contributed by atoms with Gasteiger partial charge in [-0.05, 0) is 245 Å². The van der Waals surface area contributed by atoms with Gasteiger partial charge < -0.3 is 7.43 Å². The maximum absolute atomic E-state index is 5.86. The summed E-state index contributed by atoms with van der Waals surface area (Å²) in [5, 5.41) is 6.03. The molecule has 0 aromatic heterocycles. The number of hydrogen-bond acceptors (Lipinski definition) is 2. The molecule has 0 saturated heterocycles. The molecular formula is C99H132N2P2Zr2. The molecule has 0 amide bonds. The van der Waals surface area contributed by atoms with Gasteiger partial charge in [0.2, 0.25) is 0 Å². The van der Waals surface area contributed by atoms with Crippen LogP contribution in [0.2, 0.25) is 0 Å². The average Bonchev–Trinajstić information content (AvgIpc) is 1.33. The summed E-state index contributed by atoms with van der Waals surface area (Å²) in [6.45, 7) is 57.8. The zero-order chi connectivity index (χ0) is 74.0. The van der Waals surface area contributed by atoms with Crippen molar-refractivity contribution in [1.82, 2.24) is 5.09 Å². The number of hydrogen-bond donors (Lipinski definition) is 1. The van der Waals surface area contributed by atoms with Crippen molar-refractivity contribution in [3.05, 3.63) is 365 Å². The first kappa shape index (κ1) is 92.0. The minimum Gasteiger partial charge on any atom is -0.358 e. The predicted molar refractivity (Wildman–Crippen MR) is 461 cm³/mol. The number of rotatable bonds is 4.